The summed E-state index contributed by atoms with van der Waals surface area (Å²) in [5.41, 5.74) is -0.473. The first-order valence-electron chi connectivity index (χ1n) is 7.21. The Morgan fingerprint density at radius 1 is 1.15 bits per heavy atom. The lowest BCUT2D eigenvalue weighted by molar-refractivity contribution is -0.136. The lowest BCUT2D eigenvalue weighted by Crippen LogP contribution is -2.44. The van der Waals surface area contributed by atoms with E-state index in [9.17, 15) is 9.59 Å². The Bertz CT molecular complexity index is 331. The summed E-state index contributed by atoms with van der Waals surface area (Å²) in [7, 11) is 0. The summed E-state index contributed by atoms with van der Waals surface area (Å²) < 4.78 is 5.23. The Kier molecular flexibility index (Phi) is 6.26. The minimum Gasteiger partial charge on any atom is -0.481 e. The Morgan fingerprint density at radius 2 is 1.70 bits per heavy atom. The molecule has 1 aliphatic carbocycles. The van der Waals surface area contributed by atoms with Crippen LogP contribution in [0.3, 0.4) is 0 Å². The summed E-state index contributed by atoms with van der Waals surface area (Å²) in [5, 5.41) is 14.7. The molecule has 0 atom stereocenters. The quantitative estimate of drug-likeness (QED) is 0.718. The molecule has 0 bridgehead atoms. The van der Waals surface area contributed by atoms with Crippen molar-refractivity contribution in [1.29, 1.82) is 0 Å². The second-order valence-corrected chi connectivity index (χ2v) is 6.29. The first-order valence-corrected chi connectivity index (χ1v) is 7.21. The molecule has 0 radical (unpaired) electrons. The topological polar surface area (TPSA) is 87.7 Å². The monoisotopic (exact) mass is 286 g/mol. The van der Waals surface area contributed by atoms with Crippen molar-refractivity contribution in [3.63, 3.8) is 0 Å². The SMILES string of the molecule is CC(C)(C)OC(=O)NC1CCC(NCCC(=O)O)CC1. The molecule has 1 aliphatic rings. The highest BCUT2D eigenvalue weighted by molar-refractivity contribution is 5.68. The van der Waals surface area contributed by atoms with Crippen LogP contribution in [0.15, 0.2) is 0 Å². The van der Waals surface area contributed by atoms with Gasteiger partial charge in [-0.2, -0.15) is 0 Å². The number of alkyl carbamates (subject to hydrolysis) is 1. The van der Waals surface area contributed by atoms with Crippen LogP contribution in [0, 0.1) is 0 Å². The predicted octanol–water partition coefficient (Wildman–Crippen LogP) is 1.89. The normalized spacial score (nSPS) is 23.1. The van der Waals surface area contributed by atoms with Crippen molar-refractivity contribution < 1.29 is 19.4 Å². The number of hydrogen-bond acceptors (Lipinski definition) is 4. The molecule has 0 saturated heterocycles. The van der Waals surface area contributed by atoms with Crippen LogP contribution in [0.1, 0.15) is 52.9 Å². The zero-order chi connectivity index (χ0) is 15.2. The predicted molar refractivity (Wildman–Crippen MR) is 75.7 cm³/mol. The van der Waals surface area contributed by atoms with Gasteiger partial charge < -0.3 is 20.5 Å². The largest absolute Gasteiger partial charge is 0.481 e. The number of nitrogens with one attached hydrogen (secondary N) is 2. The van der Waals surface area contributed by atoms with Gasteiger partial charge in [-0.25, -0.2) is 4.79 Å². The molecular formula is C14H26N2O4. The zero-order valence-corrected chi connectivity index (χ0v) is 12.6. The molecule has 3 N–H and O–H groups in total. The van der Waals surface area contributed by atoms with E-state index >= 15 is 0 Å². The van der Waals surface area contributed by atoms with Gasteiger partial charge in [-0.1, -0.05) is 0 Å². The minimum atomic E-state index is -0.780. The first-order chi connectivity index (χ1) is 9.26. The molecule has 0 heterocycles. The van der Waals surface area contributed by atoms with Gasteiger partial charge in [0, 0.05) is 18.6 Å². The van der Waals surface area contributed by atoms with E-state index in [-0.39, 0.29) is 18.6 Å². The molecular weight excluding hydrogens is 260 g/mol. The molecule has 1 amide bonds. The molecule has 0 aromatic carbocycles. The lowest BCUT2D eigenvalue weighted by atomic mass is 9.91. The van der Waals surface area contributed by atoms with Gasteiger partial charge in [-0.15, -0.1) is 0 Å². The van der Waals surface area contributed by atoms with Gasteiger partial charge in [0.2, 0.25) is 0 Å². The van der Waals surface area contributed by atoms with Crippen molar-refractivity contribution in [3.8, 4) is 0 Å². The average Bonchev–Trinajstić information content (AvgIpc) is 2.28. The molecule has 0 unspecified atom stereocenters. The van der Waals surface area contributed by atoms with Crippen molar-refractivity contribution >= 4 is 12.1 Å². The van der Waals surface area contributed by atoms with Crippen LogP contribution < -0.4 is 10.6 Å². The molecule has 0 aromatic rings. The number of amides is 1. The van der Waals surface area contributed by atoms with E-state index in [1.165, 1.54) is 0 Å². The minimum absolute atomic E-state index is 0.149. The van der Waals surface area contributed by atoms with Crippen LogP contribution in [0.2, 0.25) is 0 Å². The number of aliphatic carboxylic acids is 1. The van der Waals surface area contributed by atoms with Crippen LogP contribution in [0.5, 0.6) is 0 Å². The number of hydrogen-bond donors (Lipinski definition) is 3. The van der Waals surface area contributed by atoms with E-state index in [1.807, 2.05) is 20.8 Å². The van der Waals surface area contributed by atoms with Crippen molar-refractivity contribution in [2.24, 2.45) is 0 Å². The highest BCUT2D eigenvalue weighted by Crippen LogP contribution is 2.19. The fraction of sp³-hybridized carbons (Fsp3) is 0.857. The summed E-state index contributed by atoms with van der Waals surface area (Å²) in [6.07, 6.45) is 3.46. The number of ether oxygens (including phenoxy) is 1. The molecule has 20 heavy (non-hydrogen) atoms. The second kappa shape index (κ2) is 7.47. The van der Waals surface area contributed by atoms with E-state index in [1.54, 1.807) is 0 Å². The number of rotatable bonds is 5. The van der Waals surface area contributed by atoms with E-state index in [2.05, 4.69) is 10.6 Å². The average molecular weight is 286 g/mol. The molecule has 0 aliphatic heterocycles. The number of carboxylic acid groups (broad SMARTS) is 1. The maximum Gasteiger partial charge on any atom is 0.407 e. The fourth-order valence-corrected chi connectivity index (χ4v) is 2.30. The van der Waals surface area contributed by atoms with Crippen LogP contribution in [0.4, 0.5) is 4.79 Å². The van der Waals surface area contributed by atoms with Gasteiger partial charge >= 0.3 is 12.1 Å². The van der Waals surface area contributed by atoms with Crippen LogP contribution in [0.25, 0.3) is 0 Å². The third kappa shape index (κ3) is 7.33. The van der Waals surface area contributed by atoms with Gasteiger partial charge in [0.05, 0.1) is 6.42 Å². The highest BCUT2D eigenvalue weighted by Gasteiger charge is 2.24. The zero-order valence-electron chi connectivity index (χ0n) is 12.6. The third-order valence-corrected chi connectivity index (χ3v) is 3.22. The Morgan fingerprint density at radius 3 is 2.20 bits per heavy atom. The summed E-state index contributed by atoms with van der Waals surface area (Å²) in [4.78, 5) is 22.1. The summed E-state index contributed by atoms with van der Waals surface area (Å²) in [5.74, 6) is -0.780. The van der Waals surface area contributed by atoms with Gasteiger partial charge in [0.1, 0.15) is 5.60 Å². The van der Waals surface area contributed by atoms with E-state index in [0.29, 0.717) is 12.6 Å². The van der Waals surface area contributed by atoms with Crippen LogP contribution in [-0.4, -0.2) is 41.4 Å². The number of carbonyl (C=O) groups is 2. The Labute approximate surface area is 120 Å². The Balaban J connectivity index is 2.18. The molecule has 6 heteroatoms. The fourth-order valence-electron chi connectivity index (χ4n) is 2.30. The van der Waals surface area contributed by atoms with Crippen molar-refractivity contribution in [3.05, 3.63) is 0 Å². The number of carboxylic acids is 1. The van der Waals surface area contributed by atoms with Gasteiger partial charge in [-0.05, 0) is 46.5 Å². The van der Waals surface area contributed by atoms with Gasteiger partial charge in [-0.3, -0.25) is 4.79 Å². The van der Waals surface area contributed by atoms with E-state index in [4.69, 9.17) is 9.84 Å². The standard InChI is InChI=1S/C14H26N2O4/c1-14(2,3)20-13(19)16-11-6-4-10(5-7-11)15-9-8-12(17)18/h10-11,15H,4-9H2,1-3H3,(H,16,19)(H,17,18). The van der Waals surface area contributed by atoms with Crippen LogP contribution >= 0.6 is 0 Å². The first kappa shape index (κ1) is 16.8. The van der Waals surface area contributed by atoms with E-state index < -0.39 is 11.6 Å². The summed E-state index contributed by atoms with van der Waals surface area (Å²) >= 11 is 0. The molecule has 1 rings (SSSR count). The van der Waals surface area contributed by atoms with Gasteiger partial charge in [0.25, 0.3) is 0 Å². The van der Waals surface area contributed by atoms with Crippen LogP contribution in [-0.2, 0) is 9.53 Å². The molecule has 1 saturated carbocycles. The molecule has 0 aromatic heterocycles. The highest BCUT2D eigenvalue weighted by atomic mass is 16.6. The third-order valence-electron chi connectivity index (χ3n) is 3.22. The summed E-state index contributed by atoms with van der Waals surface area (Å²) in [6, 6.07) is 0.508. The maximum absolute atomic E-state index is 11.6. The smallest absolute Gasteiger partial charge is 0.407 e. The Hall–Kier alpha value is -1.30. The lowest BCUT2D eigenvalue weighted by Gasteiger charge is -2.30. The molecule has 0 spiro atoms. The van der Waals surface area contributed by atoms with Crippen molar-refractivity contribution in [1.82, 2.24) is 10.6 Å². The summed E-state index contributed by atoms with van der Waals surface area (Å²) in [6.45, 7) is 6.03. The second-order valence-electron chi connectivity index (χ2n) is 6.29. The van der Waals surface area contributed by atoms with Gasteiger partial charge in [0.15, 0.2) is 0 Å². The molecule has 116 valence electrons. The van der Waals surface area contributed by atoms with Crippen molar-refractivity contribution in [2.45, 2.75) is 70.6 Å². The number of carbonyl (C=O) groups excluding carboxylic acids is 1. The van der Waals surface area contributed by atoms with E-state index in [0.717, 1.165) is 25.7 Å². The maximum atomic E-state index is 11.6. The molecule has 6 nitrogen and oxygen atoms in total. The molecule has 1 fully saturated rings. The van der Waals surface area contributed by atoms with Crippen molar-refractivity contribution in [2.75, 3.05) is 6.54 Å².